The van der Waals surface area contributed by atoms with Crippen LogP contribution in [0.5, 0.6) is 0 Å². The van der Waals surface area contributed by atoms with Crippen molar-refractivity contribution < 1.29 is 4.79 Å². The summed E-state index contributed by atoms with van der Waals surface area (Å²) < 4.78 is 0. The number of hydrogen-bond donors (Lipinski definition) is 1. The van der Waals surface area contributed by atoms with Gasteiger partial charge in [-0.1, -0.05) is 13.8 Å². The van der Waals surface area contributed by atoms with Crippen LogP contribution in [0.2, 0.25) is 0 Å². The van der Waals surface area contributed by atoms with E-state index < -0.39 is 0 Å². The van der Waals surface area contributed by atoms with Gasteiger partial charge in [0.1, 0.15) is 0 Å². The molecule has 0 spiro atoms. The lowest BCUT2D eigenvalue weighted by Gasteiger charge is -2.36. The lowest BCUT2D eigenvalue weighted by molar-refractivity contribution is 0.148. The highest BCUT2D eigenvalue weighted by molar-refractivity contribution is 5.73. The third-order valence-electron chi connectivity index (χ3n) is 4.20. The van der Waals surface area contributed by atoms with Gasteiger partial charge in [-0.15, -0.1) is 0 Å². The molecule has 1 unspecified atom stereocenters. The minimum absolute atomic E-state index is 0.136. The molecule has 0 aromatic carbocycles. The fraction of sp³-hybridized carbons (Fsp3) is 0.933. The van der Waals surface area contributed by atoms with Crippen molar-refractivity contribution in [3.05, 3.63) is 0 Å². The quantitative estimate of drug-likeness (QED) is 0.827. The Morgan fingerprint density at radius 1 is 1.20 bits per heavy atom. The summed E-state index contributed by atoms with van der Waals surface area (Å²) in [5.74, 6) is 0.646. The Labute approximate surface area is 124 Å². The Morgan fingerprint density at radius 2 is 1.75 bits per heavy atom. The first-order chi connectivity index (χ1) is 9.32. The molecular weight excluding hydrogens is 252 g/mol. The third-order valence-corrected chi connectivity index (χ3v) is 4.20. The molecule has 20 heavy (non-hydrogen) atoms. The molecule has 1 aliphatic heterocycles. The Kier molecular flexibility index (Phi) is 6.76. The zero-order valence-electron chi connectivity index (χ0n) is 14.0. The molecule has 0 aliphatic carbocycles. The first-order valence-electron chi connectivity index (χ1n) is 7.69. The average Bonchev–Trinajstić information content (AvgIpc) is 2.38. The molecule has 0 radical (unpaired) electrons. The van der Waals surface area contributed by atoms with E-state index in [1.165, 1.54) is 0 Å². The van der Waals surface area contributed by atoms with Crippen molar-refractivity contribution in [3.8, 4) is 0 Å². The predicted octanol–water partition coefficient (Wildman–Crippen LogP) is 1.31. The molecule has 0 bridgehead atoms. The molecule has 1 saturated heterocycles. The number of hydrogen-bond acceptors (Lipinski definition) is 3. The SMILES string of the molecule is CC(C)C(CNC1CCN(C(=O)N(C)C)CC1)N(C)C. The lowest BCUT2D eigenvalue weighted by atomic mass is 10.0. The molecule has 0 saturated carbocycles. The highest BCUT2D eigenvalue weighted by Gasteiger charge is 2.24. The second kappa shape index (κ2) is 7.84. The van der Waals surface area contributed by atoms with Crippen LogP contribution in [0, 0.1) is 5.92 Å². The number of likely N-dealkylation sites (N-methyl/N-ethyl adjacent to an activating group) is 1. The normalized spacial score (nSPS) is 18.7. The maximum atomic E-state index is 11.9. The van der Waals surface area contributed by atoms with Gasteiger partial charge in [0.15, 0.2) is 0 Å². The number of piperidine rings is 1. The van der Waals surface area contributed by atoms with Gasteiger partial charge in [0.2, 0.25) is 0 Å². The summed E-state index contributed by atoms with van der Waals surface area (Å²) in [6.07, 6.45) is 2.11. The maximum Gasteiger partial charge on any atom is 0.319 e. The number of amides is 2. The van der Waals surface area contributed by atoms with Crippen LogP contribution in [0.15, 0.2) is 0 Å². The molecule has 2 amide bonds. The topological polar surface area (TPSA) is 38.8 Å². The molecular formula is C15H32N4O. The van der Waals surface area contributed by atoms with Crippen LogP contribution in [-0.4, -0.2) is 80.6 Å². The van der Waals surface area contributed by atoms with Crippen molar-refractivity contribution in [1.29, 1.82) is 0 Å². The number of nitrogens with one attached hydrogen (secondary N) is 1. The minimum atomic E-state index is 0.136. The lowest BCUT2D eigenvalue weighted by Crippen LogP contribution is -2.50. The Balaban J connectivity index is 2.34. The van der Waals surface area contributed by atoms with Gasteiger partial charge >= 0.3 is 6.03 Å². The van der Waals surface area contributed by atoms with Gasteiger partial charge in [0, 0.05) is 45.8 Å². The summed E-state index contributed by atoms with van der Waals surface area (Å²) in [5.41, 5.74) is 0. The standard InChI is InChI=1S/C15H32N4O/c1-12(2)14(17(3)4)11-16-13-7-9-19(10-8-13)15(20)18(5)6/h12-14,16H,7-11H2,1-6H3. The maximum absolute atomic E-state index is 11.9. The number of carbonyl (C=O) groups is 1. The fourth-order valence-electron chi connectivity index (χ4n) is 2.86. The Hall–Kier alpha value is -0.810. The zero-order valence-corrected chi connectivity index (χ0v) is 14.0. The van der Waals surface area contributed by atoms with Gasteiger partial charge in [0.05, 0.1) is 0 Å². The van der Waals surface area contributed by atoms with E-state index in [4.69, 9.17) is 0 Å². The van der Waals surface area contributed by atoms with Gasteiger partial charge in [-0.3, -0.25) is 0 Å². The first-order valence-corrected chi connectivity index (χ1v) is 7.69. The first kappa shape index (κ1) is 17.2. The van der Waals surface area contributed by atoms with Gasteiger partial charge in [-0.2, -0.15) is 0 Å². The van der Waals surface area contributed by atoms with E-state index in [0.717, 1.165) is 32.5 Å². The van der Waals surface area contributed by atoms with Crippen LogP contribution in [0.25, 0.3) is 0 Å². The second-order valence-electron chi connectivity index (χ2n) is 6.62. The van der Waals surface area contributed by atoms with Crippen LogP contribution in [-0.2, 0) is 0 Å². The molecule has 5 nitrogen and oxygen atoms in total. The summed E-state index contributed by atoms with van der Waals surface area (Å²) >= 11 is 0. The van der Waals surface area contributed by atoms with Crippen molar-refractivity contribution in [3.63, 3.8) is 0 Å². The molecule has 5 heteroatoms. The van der Waals surface area contributed by atoms with E-state index in [0.29, 0.717) is 18.0 Å². The van der Waals surface area contributed by atoms with Crippen LogP contribution in [0.4, 0.5) is 4.79 Å². The zero-order chi connectivity index (χ0) is 15.3. The summed E-state index contributed by atoms with van der Waals surface area (Å²) in [6, 6.07) is 1.25. The van der Waals surface area contributed by atoms with Crippen molar-refractivity contribution >= 4 is 6.03 Å². The van der Waals surface area contributed by atoms with Gasteiger partial charge < -0.3 is 20.0 Å². The van der Waals surface area contributed by atoms with Gasteiger partial charge in [-0.25, -0.2) is 4.79 Å². The minimum Gasteiger partial charge on any atom is -0.331 e. The van der Waals surface area contributed by atoms with Crippen LogP contribution in [0.1, 0.15) is 26.7 Å². The monoisotopic (exact) mass is 284 g/mol. The van der Waals surface area contributed by atoms with E-state index in [9.17, 15) is 4.79 Å². The van der Waals surface area contributed by atoms with Crippen LogP contribution >= 0.6 is 0 Å². The van der Waals surface area contributed by atoms with E-state index in [1.807, 2.05) is 19.0 Å². The molecule has 1 fully saturated rings. The largest absolute Gasteiger partial charge is 0.331 e. The molecule has 1 heterocycles. The van der Waals surface area contributed by atoms with E-state index in [-0.39, 0.29) is 6.03 Å². The van der Waals surface area contributed by atoms with Crippen molar-refractivity contribution in [2.24, 2.45) is 5.92 Å². The molecule has 1 rings (SSSR count). The van der Waals surface area contributed by atoms with E-state index in [2.05, 4.69) is 38.2 Å². The molecule has 0 aromatic rings. The number of nitrogens with zero attached hydrogens (tertiary/aromatic N) is 3. The number of rotatable bonds is 5. The van der Waals surface area contributed by atoms with Crippen LogP contribution < -0.4 is 5.32 Å². The summed E-state index contributed by atoms with van der Waals surface area (Å²) in [5, 5.41) is 3.68. The number of urea groups is 1. The highest BCUT2D eigenvalue weighted by atomic mass is 16.2. The van der Waals surface area contributed by atoms with E-state index in [1.54, 1.807) is 4.90 Å². The fourth-order valence-corrected chi connectivity index (χ4v) is 2.86. The summed E-state index contributed by atoms with van der Waals surface area (Å²) in [6.45, 7) is 7.29. The van der Waals surface area contributed by atoms with Crippen LogP contribution in [0.3, 0.4) is 0 Å². The van der Waals surface area contributed by atoms with Gasteiger partial charge in [-0.05, 0) is 32.9 Å². The van der Waals surface area contributed by atoms with Crippen molar-refractivity contribution in [2.45, 2.75) is 38.8 Å². The highest BCUT2D eigenvalue weighted by Crippen LogP contribution is 2.13. The summed E-state index contributed by atoms with van der Waals surface area (Å²) in [4.78, 5) is 17.8. The molecule has 118 valence electrons. The molecule has 1 N–H and O–H groups in total. The Bertz CT molecular complexity index is 288. The smallest absolute Gasteiger partial charge is 0.319 e. The van der Waals surface area contributed by atoms with E-state index >= 15 is 0 Å². The third kappa shape index (κ3) is 4.94. The number of carbonyl (C=O) groups excluding carboxylic acids is 1. The van der Waals surface area contributed by atoms with Crippen molar-refractivity contribution in [1.82, 2.24) is 20.0 Å². The summed E-state index contributed by atoms with van der Waals surface area (Å²) in [7, 11) is 7.92. The van der Waals surface area contributed by atoms with Crippen molar-refractivity contribution in [2.75, 3.05) is 47.8 Å². The average molecular weight is 284 g/mol. The van der Waals surface area contributed by atoms with Gasteiger partial charge in [0.25, 0.3) is 0 Å². The molecule has 1 aliphatic rings. The molecule has 0 aromatic heterocycles. The Morgan fingerprint density at radius 3 is 2.15 bits per heavy atom. The number of likely N-dealkylation sites (tertiary alicyclic amines) is 1. The predicted molar refractivity (Wildman–Crippen MR) is 84.0 cm³/mol. The second-order valence-corrected chi connectivity index (χ2v) is 6.62. The molecule has 1 atom stereocenters.